The predicted molar refractivity (Wildman–Crippen MR) is 62.0 cm³/mol. The Morgan fingerprint density at radius 3 is 2.60 bits per heavy atom. The van der Waals surface area contributed by atoms with Gasteiger partial charge in [-0.15, -0.1) is 0 Å². The highest BCUT2D eigenvalue weighted by Gasteiger charge is 2.28. The van der Waals surface area contributed by atoms with E-state index in [1.807, 2.05) is 0 Å². The Hall–Kier alpha value is -0.120. The Morgan fingerprint density at radius 2 is 1.93 bits per heavy atom. The van der Waals surface area contributed by atoms with E-state index in [4.69, 9.17) is 4.74 Å². The third-order valence-corrected chi connectivity index (χ3v) is 3.19. The molecule has 0 unspecified atom stereocenters. The average molecular weight is 215 g/mol. The highest BCUT2D eigenvalue weighted by atomic mass is 16.5. The molecule has 0 spiro atoms. The largest absolute Gasteiger partial charge is 0.389 e. The number of hydrogen-bond donors (Lipinski definition) is 2. The van der Waals surface area contributed by atoms with Gasteiger partial charge in [0, 0.05) is 20.3 Å². The predicted octanol–water partition coefficient (Wildman–Crippen LogP) is 1.70. The Morgan fingerprint density at radius 1 is 1.20 bits per heavy atom. The van der Waals surface area contributed by atoms with Crippen LogP contribution in [0, 0.1) is 0 Å². The van der Waals surface area contributed by atoms with Crippen LogP contribution >= 0.6 is 0 Å². The van der Waals surface area contributed by atoms with Gasteiger partial charge in [0.15, 0.2) is 0 Å². The summed E-state index contributed by atoms with van der Waals surface area (Å²) in [6.45, 7) is 2.59. The van der Waals surface area contributed by atoms with Crippen molar-refractivity contribution in [2.45, 2.75) is 50.5 Å². The first-order chi connectivity index (χ1) is 7.27. The third-order valence-electron chi connectivity index (χ3n) is 3.19. The maximum atomic E-state index is 10.2. The van der Waals surface area contributed by atoms with E-state index in [1.165, 1.54) is 19.3 Å². The van der Waals surface area contributed by atoms with Crippen molar-refractivity contribution in [2.24, 2.45) is 0 Å². The minimum absolute atomic E-state index is 0.417. The molecule has 1 aliphatic rings. The summed E-state index contributed by atoms with van der Waals surface area (Å²) in [4.78, 5) is 0. The van der Waals surface area contributed by atoms with Crippen molar-refractivity contribution in [3.63, 3.8) is 0 Å². The second kappa shape index (κ2) is 7.20. The van der Waals surface area contributed by atoms with Gasteiger partial charge in [0.2, 0.25) is 0 Å². The number of rotatable bonds is 7. The Kier molecular flexibility index (Phi) is 6.22. The first-order valence-electron chi connectivity index (χ1n) is 6.19. The Bertz CT molecular complexity index is 156. The summed E-state index contributed by atoms with van der Waals surface area (Å²) in [5.74, 6) is 0. The second-order valence-corrected chi connectivity index (χ2v) is 4.66. The van der Waals surface area contributed by atoms with Crippen LogP contribution in [0.5, 0.6) is 0 Å². The van der Waals surface area contributed by atoms with Crippen LogP contribution in [0.4, 0.5) is 0 Å². The lowest BCUT2D eigenvalue weighted by Gasteiger charge is -2.32. The van der Waals surface area contributed by atoms with Crippen molar-refractivity contribution >= 4 is 0 Å². The molecule has 0 heterocycles. The highest BCUT2D eigenvalue weighted by molar-refractivity contribution is 4.84. The van der Waals surface area contributed by atoms with Gasteiger partial charge in [-0.1, -0.05) is 19.3 Å². The Balaban J connectivity index is 1.98. The van der Waals surface area contributed by atoms with E-state index < -0.39 is 5.60 Å². The molecule has 15 heavy (non-hydrogen) atoms. The number of nitrogens with one attached hydrogen (secondary N) is 1. The molecule has 90 valence electrons. The van der Waals surface area contributed by atoms with Crippen LogP contribution in [0.1, 0.15) is 44.9 Å². The van der Waals surface area contributed by atoms with Gasteiger partial charge >= 0.3 is 0 Å². The van der Waals surface area contributed by atoms with Gasteiger partial charge in [0.25, 0.3) is 0 Å². The van der Waals surface area contributed by atoms with Crippen molar-refractivity contribution in [2.75, 3.05) is 26.8 Å². The quantitative estimate of drug-likeness (QED) is 0.635. The fraction of sp³-hybridized carbons (Fsp3) is 1.00. The van der Waals surface area contributed by atoms with E-state index in [2.05, 4.69) is 5.32 Å². The van der Waals surface area contributed by atoms with E-state index in [9.17, 15) is 5.11 Å². The molecule has 0 aromatic rings. The topological polar surface area (TPSA) is 41.5 Å². The Labute approximate surface area is 93.2 Å². The van der Waals surface area contributed by atoms with Gasteiger partial charge in [0.1, 0.15) is 0 Å². The van der Waals surface area contributed by atoms with E-state index in [-0.39, 0.29) is 0 Å². The normalized spacial score (nSPS) is 20.4. The molecule has 2 N–H and O–H groups in total. The van der Waals surface area contributed by atoms with Gasteiger partial charge in [-0.2, -0.15) is 0 Å². The van der Waals surface area contributed by atoms with E-state index in [1.54, 1.807) is 7.11 Å². The monoisotopic (exact) mass is 215 g/mol. The standard InChI is InChI=1S/C12H25NO2/c1-15-10-6-5-9-13-11-12(14)7-3-2-4-8-12/h13-14H,2-11H2,1H3. The van der Waals surface area contributed by atoms with Crippen LogP contribution in [0.3, 0.4) is 0 Å². The van der Waals surface area contributed by atoms with Gasteiger partial charge in [0.05, 0.1) is 5.60 Å². The van der Waals surface area contributed by atoms with Crippen molar-refractivity contribution in [3.8, 4) is 0 Å². The summed E-state index contributed by atoms with van der Waals surface area (Å²) in [6, 6.07) is 0. The molecule has 0 atom stereocenters. The zero-order valence-corrected chi connectivity index (χ0v) is 9.93. The molecule has 0 bridgehead atoms. The van der Waals surface area contributed by atoms with Gasteiger partial charge in [-0.05, 0) is 32.2 Å². The van der Waals surface area contributed by atoms with Crippen LogP contribution in [-0.2, 0) is 4.74 Å². The summed E-state index contributed by atoms with van der Waals surface area (Å²) in [5, 5.41) is 13.5. The molecule has 1 fully saturated rings. The molecule has 0 saturated heterocycles. The number of aliphatic hydroxyl groups is 1. The highest BCUT2D eigenvalue weighted by Crippen LogP contribution is 2.27. The molecule has 0 aromatic carbocycles. The van der Waals surface area contributed by atoms with Crippen LogP contribution in [0.15, 0.2) is 0 Å². The van der Waals surface area contributed by atoms with Gasteiger partial charge < -0.3 is 15.2 Å². The van der Waals surface area contributed by atoms with Crippen LogP contribution in [0.2, 0.25) is 0 Å². The third kappa shape index (κ3) is 5.50. The van der Waals surface area contributed by atoms with Crippen LogP contribution in [-0.4, -0.2) is 37.5 Å². The average Bonchev–Trinajstić information content (AvgIpc) is 2.24. The lowest BCUT2D eigenvalue weighted by molar-refractivity contribution is 0.00497. The molecule has 0 amide bonds. The minimum Gasteiger partial charge on any atom is -0.389 e. The molecule has 0 aromatic heterocycles. The van der Waals surface area contributed by atoms with Crippen molar-refractivity contribution in [1.29, 1.82) is 0 Å². The molecule has 3 nitrogen and oxygen atoms in total. The first-order valence-corrected chi connectivity index (χ1v) is 6.19. The lowest BCUT2D eigenvalue weighted by Crippen LogP contribution is -2.42. The summed E-state index contributed by atoms with van der Waals surface area (Å²) in [6.07, 6.45) is 7.82. The van der Waals surface area contributed by atoms with Gasteiger partial charge in [-0.25, -0.2) is 0 Å². The smallest absolute Gasteiger partial charge is 0.0771 e. The van der Waals surface area contributed by atoms with E-state index in [0.717, 1.165) is 45.4 Å². The summed E-state index contributed by atoms with van der Waals surface area (Å²) in [5.41, 5.74) is -0.417. The number of methoxy groups -OCH3 is 1. The molecule has 1 saturated carbocycles. The number of unbranched alkanes of at least 4 members (excludes halogenated alkanes) is 1. The molecule has 1 aliphatic carbocycles. The molecular formula is C12H25NO2. The van der Waals surface area contributed by atoms with E-state index in [0.29, 0.717) is 0 Å². The maximum Gasteiger partial charge on any atom is 0.0771 e. The summed E-state index contributed by atoms with van der Waals surface area (Å²) in [7, 11) is 1.73. The first kappa shape index (κ1) is 12.9. The van der Waals surface area contributed by atoms with E-state index >= 15 is 0 Å². The number of hydrogen-bond acceptors (Lipinski definition) is 3. The number of ether oxygens (including phenoxy) is 1. The molecule has 3 heteroatoms. The fourth-order valence-electron chi connectivity index (χ4n) is 2.20. The molecular weight excluding hydrogens is 190 g/mol. The maximum absolute atomic E-state index is 10.2. The van der Waals surface area contributed by atoms with Gasteiger partial charge in [-0.3, -0.25) is 0 Å². The fourth-order valence-corrected chi connectivity index (χ4v) is 2.20. The van der Waals surface area contributed by atoms with Crippen LogP contribution in [0.25, 0.3) is 0 Å². The zero-order valence-electron chi connectivity index (χ0n) is 9.93. The van der Waals surface area contributed by atoms with Crippen LogP contribution < -0.4 is 5.32 Å². The minimum atomic E-state index is -0.417. The lowest BCUT2D eigenvalue weighted by atomic mass is 9.85. The summed E-state index contributed by atoms with van der Waals surface area (Å²) < 4.78 is 4.98. The van der Waals surface area contributed by atoms with Crippen molar-refractivity contribution in [3.05, 3.63) is 0 Å². The molecule has 0 aliphatic heterocycles. The van der Waals surface area contributed by atoms with Crippen molar-refractivity contribution in [1.82, 2.24) is 5.32 Å². The second-order valence-electron chi connectivity index (χ2n) is 4.66. The SMILES string of the molecule is COCCCCNCC1(O)CCCCC1. The zero-order chi connectivity index (χ0) is 11.0. The van der Waals surface area contributed by atoms with Crippen molar-refractivity contribution < 1.29 is 9.84 Å². The summed E-state index contributed by atoms with van der Waals surface area (Å²) >= 11 is 0. The molecule has 0 radical (unpaired) electrons. The molecule has 1 rings (SSSR count).